The van der Waals surface area contributed by atoms with E-state index in [4.69, 9.17) is 10.2 Å². The number of nitrogens with one attached hydrogen (secondary N) is 1. The van der Waals surface area contributed by atoms with Crippen molar-refractivity contribution in [2.45, 2.75) is 6.92 Å². The van der Waals surface area contributed by atoms with Gasteiger partial charge in [-0.2, -0.15) is 0 Å². The Morgan fingerprint density at radius 1 is 1.30 bits per heavy atom. The summed E-state index contributed by atoms with van der Waals surface area (Å²) < 4.78 is 5.52. The molecular formula is C19H14N4O3S. The maximum absolute atomic E-state index is 12.2. The van der Waals surface area contributed by atoms with Gasteiger partial charge in [-0.05, 0) is 53.7 Å². The number of aromatic nitrogens is 1. The van der Waals surface area contributed by atoms with Gasteiger partial charge < -0.3 is 15.5 Å². The molecular weight excluding hydrogens is 364 g/mol. The first-order valence-corrected chi connectivity index (χ1v) is 8.86. The summed E-state index contributed by atoms with van der Waals surface area (Å²) in [5, 5.41) is 3.15. The van der Waals surface area contributed by atoms with E-state index >= 15 is 0 Å². The lowest BCUT2D eigenvalue weighted by Crippen LogP contribution is -2.19. The number of fused-ring (bicyclic) bond motifs is 1. The van der Waals surface area contributed by atoms with Crippen LogP contribution in [-0.4, -0.2) is 22.0 Å². The van der Waals surface area contributed by atoms with Gasteiger partial charge in [-0.25, -0.2) is 9.98 Å². The van der Waals surface area contributed by atoms with Crippen molar-refractivity contribution in [3.8, 4) is 0 Å². The van der Waals surface area contributed by atoms with Crippen molar-refractivity contribution in [3.05, 3.63) is 64.4 Å². The smallest absolute Gasteiger partial charge is 0.264 e. The maximum Gasteiger partial charge on any atom is 0.264 e. The molecule has 3 N–H and O–H groups in total. The minimum Gasteiger partial charge on any atom is -0.441 e. The molecule has 0 unspecified atom stereocenters. The number of carbonyl (C=O) groups is 2. The van der Waals surface area contributed by atoms with Gasteiger partial charge in [-0.1, -0.05) is 12.1 Å². The lowest BCUT2D eigenvalue weighted by molar-refractivity contribution is -0.115. The van der Waals surface area contributed by atoms with Crippen LogP contribution in [0.4, 0.5) is 5.69 Å². The van der Waals surface area contributed by atoms with Crippen LogP contribution in [-0.2, 0) is 4.79 Å². The number of aryl methyl sites for hydroxylation is 1. The number of hydrogen-bond acceptors (Lipinski definition) is 6. The molecule has 0 bridgehead atoms. The Morgan fingerprint density at radius 3 is 2.96 bits per heavy atom. The number of nitrogens with two attached hydrogens (primary N) is 1. The van der Waals surface area contributed by atoms with Crippen molar-refractivity contribution in [1.82, 2.24) is 10.3 Å². The number of thioether (sulfide) groups is 1. The highest BCUT2D eigenvalue weighted by molar-refractivity contribution is 8.18. The van der Waals surface area contributed by atoms with E-state index in [0.29, 0.717) is 32.8 Å². The third-order valence-electron chi connectivity index (χ3n) is 3.83. The standard InChI is InChI=1S/C19H14N4O3S/c1-10-21-14-6-5-11(7-15(14)26-10)8-16-18(25)23-19(27-16)22-13-4-2-3-12(9-13)17(20)24/h2-9H,1H3,(H2,20,24)(H,22,23,25)/b16-8-. The van der Waals surface area contributed by atoms with Crippen molar-refractivity contribution in [1.29, 1.82) is 0 Å². The molecule has 7 nitrogen and oxygen atoms in total. The molecule has 1 fully saturated rings. The van der Waals surface area contributed by atoms with Gasteiger partial charge in [0.15, 0.2) is 16.6 Å². The van der Waals surface area contributed by atoms with Crippen LogP contribution in [0.1, 0.15) is 21.8 Å². The van der Waals surface area contributed by atoms with E-state index in [2.05, 4.69) is 15.3 Å². The Kier molecular flexibility index (Phi) is 4.25. The van der Waals surface area contributed by atoms with Crippen molar-refractivity contribution in [2.24, 2.45) is 10.7 Å². The number of primary amides is 1. The van der Waals surface area contributed by atoms with E-state index in [1.807, 2.05) is 18.2 Å². The second kappa shape index (κ2) is 6.73. The van der Waals surface area contributed by atoms with Crippen LogP contribution in [0.2, 0.25) is 0 Å². The summed E-state index contributed by atoms with van der Waals surface area (Å²) in [4.78, 5) is 32.6. The molecule has 1 aromatic heterocycles. The highest BCUT2D eigenvalue weighted by Gasteiger charge is 2.24. The third kappa shape index (κ3) is 3.61. The number of nitrogens with zero attached hydrogens (tertiary/aromatic N) is 2. The minimum absolute atomic E-state index is 0.237. The van der Waals surface area contributed by atoms with Crippen LogP contribution in [0.15, 0.2) is 56.8 Å². The van der Waals surface area contributed by atoms with Crippen LogP contribution in [0.25, 0.3) is 17.2 Å². The second-order valence-electron chi connectivity index (χ2n) is 5.86. The molecule has 0 radical (unpaired) electrons. The van der Waals surface area contributed by atoms with Crippen LogP contribution in [0.5, 0.6) is 0 Å². The first-order chi connectivity index (χ1) is 13.0. The fourth-order valence-corrected chi connectivity index (χ4v) is 3.47. The summed E-state index contributed by atoms with van der Waals surface area (Å²) >= 11 is 1.22. The molecule has 4 rings (SSSR count). The molecule has 1 aliphatic heterocycles. The van der Waals surface area contributed by atoms with Gasteiger partial charge in [-0.3, -0.25) is 9.59 Å². The quantitative estimate of drug-likeness (QED) is 0.680. The van der Waals surface area contributed by atoms with E-state index in [0.717, 1.165) is 11.1 Å². The Balaban J connectivity index is 1.60. The van der Waals surface area contributed by atoms with Gasteiger partial charge in [-0.15, -0.1) is 0 Å². The summed E-state index contributed by atoms with van der Waals surface area (Å²) in [7, 11) is 0. The fourth-order valence-electron chi connectivity index (χ4n) is 2.62. The van der Waals surface area contributed by atoms with Crippen LogP contribution in [0.3, 0.4) is 0 Å². The minimum atomic E-state index is -0.529. The summed E-state index contributed by atoms with van der Waals surface area (Å²) in [6, 6.07) is 12.2. The zero-order chi connectivity index (χ0) is 19.0. The summed E-state index contributed by atoms with van der Waals surface area (Å²) in [5.41, 5.74) is 8.44. The van der Waals surface area contributed by atoms with E-state index < -0.39 is 5.91 Å². The predicted octanol–water partition coefficient (Wildman–Crippen LogP) is 3.13. The molecule has 27 heavy (non-hydrogen) atoms. The van der Waals surface area contributed by atoms with Crippen LogP contribution >= 0.6 is 11.8 Å². The van der Waals surface area contributed by atoms with Gasteiger partial charge >= 0.3 is 0 Å². The van der Waals surface area contributed by atoms with Crippen molar-refractivity contribution >= 4 is 51.6 Å². The number of rotatable bonds is 3. The Bertz CT molecular complexity index is 1150. The molecule has 134 valence electrons. The van der Waals surface area contributed by atoms with Crippen LogP contribution in [0, 0.1) is 6.92 Å². The highest BCUT2D eigenvalue weighted by atomic mass is 32.2. The number of amides is 2. The third-order valence-corrected chi connectivity index (χ3v) is 4.74. The maximum atomic E-state index is 12.2. The first-order valence-electron chi connectivity index (χ1n) is 8.04. The summed E-state index contributed by atoms with van der Waals surface area (Å²) in [6.07, 6.45) is 1.76. The largest absolute Gasteiger partial charge is 0.441 e. The monoisotopic (exact) mass is 378 g/mol. The van der Waals surface area contributed by atoms with Crippen molar-refractivity contribution in [2.75, 3.05) is 0 Å². The molecule has 1 aliphatic rings. The lowest BCUT2D eigenvalue weighted by atomic mass is 10.2. The summed E-state index contributed by atoms with van der Waals surface area (Å²) in [6.45, 7) is 1.79. The van der Waals surface area contributed by atoms with Gasteiger partial charge in [0, 0.05) is 12.5 Å². The number of amidine groups is 1. The van der Waals surface area contributed by atoms with E-state index in [1.54, 1.807) is 37.3 Å². The molecule has 8 heteroatoms. The van der Waals surface area contributed by atoms with Gasteiger partial charge in [0.1, 0.15) is 5.52 Å². The molecule has 2 amide bonds. The predicted molar refractivity (Wildman–Crippen MR) is 105 cm³/mol. The highest BCUT2D eigenvalue weighted by Crippen LogP contribution is 2.29. The van der Waals surface area contributed by atoms with E-state index in [-0.39, 0.29) is 5.91 Å². The number of oxazole rings is 1. The fraction of sp³-hybridized carbons (Fsp3) is 0.0526. The van der Waals surface area contributed by atoms with E-state index in [9.17, 15) is 9.59 Å². The number of benzene rings is 2. The van der Waals surface area contributed by atoms with Crippen molar-refractivity contribution in [3.63, 3.8) is 0 Å². The SMILES string of the molecule is Cc1nc2ccc(/C=C3\SC(=Nc4cccc(C(N)=O)c4)NC3=O)cc2o1. The lowest BCUT2D eigenvalue weighted by Gasteiger charge is -1.99. The molecule has 3 aromatic rings. The zero-order valence-electron chi connectivity index (χ0n) is 14.2. The Labute approximate surface area is 158 Å². The van der Waals surface area contributed by atoms with E-state index in [1.165, 1.54) is 11.8 Å². The normalized spacial score (nSPS) is 17.0. The zero-order valence-corrected chi connectivity index (χ0v) is 15.0. The molecule has 1 saturated heterocycles. The number of carbonyl (C=O) groups excluding carboxylic acids is 2. The van der Waals surface area contributed by atoms with Gasteiger partial charge in [0.25, 0.3) is 5.91 Å². The topological polar surface area (TPSA) is 111 Å². The number of hydrogen-bond donors (Lipinski definition) is 2. The molecule has 0 spiro atoms. The number of aliphatic imine (C=N–C) groups is 1. The molecule has 2 heterocycles. The molecule has 2 aromatic carbocycles. The average molecular weight is 378 g/mol. The van der Waals surface area contributed by atoms with Gasteiger partial charge in [0.05, 0.1) is 10.6 Å². The average Bonchev–Trinajstić information content (AvgIpc) is 3.16. The van der Waals surface area contributed by atoms with Crippen molar-refractivity contribution < 1.29 is 14.0 Å². The molecule has 0 aliphatic carbocycles. The van der Waals surface area contributed by atoms with Gasteiger partial charge in [0.2, 0.25) is 5.91 Å². The summed E-state index contributed by atoms with van der Waals surface area (Å²) in [5.74, 6) is -0.173. The van der Waals surface area contributed by atoms with Crippen LogP contribution < -0.4 is 11.1 Å². The first kappa shape index (κ1) is 17.0. The molecule has 0 saturated carbocycles. The Morgan fingerprint density at radius 2 is 2.15 bits per heavy atom. The Hall–Kier alpha value is -3.39. The second-order valence-corrected chi connectivity index (χ2v) is 6.89. The molecule has 0 atom stereocenters.